The molecule has 1 heterocycles. The molecule has 0 bridgehead atoms. The van der Waals surface area contributed by atoms with E-state index >= 15 is 0 Å². The Hall–Kier alpha value is -2.02. The average molecular weight is 436 g/mol. The molecule has 1 fully saturated rings. The highest BCUT2D eigenvalue weighted by molar-refractivity contribution is 5.82. The number of hydrogen-bond donors (Lipinski definition) is 0. The number of aryl methyl sites for hydroxylation is 2. The van der Waals surface area contributed by atoms with Gasteiger partial charge in [-0.25, -0.2) is 0 Å². The van der Waals surface area contributed by atoms with Crippen LogP contribution in [0.3, 0.4) is 0 Å². The third-order valence-electron chi connectivity index (χ3n) is 6.10. The van der Waals surface area contributed by atoms with Gasteiger partial charge in [0, 0.05) is 18.8 Å². The maximum Gasteiger partial charge on any atom is 0.0372 e. The molecule has 0 amide bonds. The Morgan fingerprint density at radius 3 is 2.03 bits per heavy atom. The number of benzene rings is 2. The predicted octanol–water partition coefficient (Wildman–Crippen LogP) is 9.42. The first-order valence-electron chi connectivity index (χ1n) is 12.9. The normalized spacial score (nSPS) is 18.1. The molecule has 2 aromatic carbocycles. The highest BCUT2D eigenvalue weighted by Crippen LogP contribution is 2.33. The Bertz CT molecular complexity index is 815. The lowest BCUT2D eigenvalue weighted by Crippen LogP contribution is -2.19. The van der Waals surface area contributed by atoms with Crippen LogP contribution in [0.5, 0.6) is 0 Å². The van der Waals surface area contributed by atoms with Gasteiger partial charge in [0.15, 0.2) is 0 Å². The van der Waals surface area contributed by atoms with E-state index in [1.54, 1.807) is 0 Å². The maximum atomic E-state index is 2.59. The topological polar surface area (TPSA) is 3.24 Å². The monoisotopic (exact) mass is 435 g/mol. The zero-order valence-corrected chi connectivity index (χ0v) is 22.6. The molecule has 0 N–H and O–H groups in total. The second-order valence-corrected chi connectivity index (χ2v) is 9.71. The van der Waals surface area contributed by atoms with Gasteiger partial charge in [0.05, 0.1) is 0 Å². The maximum absolute atomic E-state index is 2.59. The number of hydrogen-bond acceptors (Lipinski definition) is 1. The van der Waals surface area contributed by atoms with E-state index in [1.807, 2.05) is 13.8 Å². The van der Waals surface area contributed by atoms with E-state index in [9.17, 15) is 0 Å². The second-order valence-electron chi connectivity index (χ2n) is 9.71. The molecule has 32 heavy (non-hydrogen) atoms. The third-order valence-corrected chi connectivity index (χ3v) is 6.10. The van der Waals surface area contributed by atoms with Gasteiger partial charge in [0.1, 0.15) is 0 Å². The Morgan fingerprint density at radius 1 is 0.938 bits per heavy atom. The molecule has 2 unspecified atom stereocenters. The highest BCUT2D eigenvalue weighted by Gasteiger charge is 2.30. The minimum atomic E-state index is 0.833. The van der Waals surface area contributed by atoms with Crippen molar-refractivity contribution in [1.29, 1.82) is 0 Å². The largest absolute Gasteiger partial charge is 0.371 e. The second kappa shape index (κ2) is 14.2. The average Bonchev–Trinajstić information content (AvgIpc) is 3.21. The summed E-state index contributed by atoms with van der Waals surface area (Å²) in [5.74, 6) is 2.52. The molecule has 0 aromatic heterocycles. The molecule has 2 aromatic rings. The summed E-state index contributed by atoms with van der Waals surface area (Å²) in [4.78, 5) is 2.59. The Morgan fingerprint density at radius 2 is 1.50 bits per heavy atom. The standard InChI is InChI=1S/C25H33N.C4H10.C2H6/c1-6-21-16-26(17-22(21)7-2)25-10-8-9-23(15-25)20(5)14-24-13-18(3)11-12-19(24)4;1-4(2)3;1-2/h8-15,21-22H,6-7,16-17H2,1-5H3;4H,1-3H3;1-2H3/b20-14+;;. The summed E-state index contributed by atoms with van der Waals surface area (Å²) >= 11 is 0. The van der Waals surface area contributed by atoms with Crippen molar-refractivity contribution >= 4 is 17.3 Å². The molecule has 0 saturated carbocycles. The van der Waals surface area contributed by atoms with Gasteiger partial charge in [-0.2, -0.15) is 0 Å². The number of anilines is 1. The summed E-state index contributed by atoms with van der Waals surface area (Å²) < 4.78 is 0. The Labute approximate surface area is 199 Å². The minimum Gasteiger partial charge on any atom is -0.371 e. The van der Waals surface area contributed by atoms with Gasteiger partial charge in [-0.05, 0) is 72.9 Å². The fourth-order valence-corrected chi connectivity index (χ4v) is 4.25. The summed E-state index contributed by atoms with van der Waals surface area (Å²) in [6.45, 7) is 24.2. The van der Waals surface area contributed by atoms with Crippen molar-refractivity contribution in [2.75, 3.05) is 18.0 Å². The van der Waals surface area contributed by atoms with Crippen LogP contribution in [0.15, 0.2) is 42.5 Å². The first kappa shape index (κ1) is 28.0. The third kappa shape index (κ3) is 8.49. The zero-order valence-electron chi connectivity index (χ0n) is 22.6. The number of rotatable bonds is 5. The summed E-state index contributed by atoms with van der Waals surface area (Å²) in [6.07, 6.45) is 4.91. The molecule has 1 heteroatoms. The van der Waals surface area contributed by atoms with E-state index in [2.05, 4.69) is 109 Å². The van der Waals surface area contributed by atoms with Crippen molar-refractivity contribution in [3.63, 3.8) is 0 Å². The van der Waals surface area contributed by atoms with Gasteiger partial charge in [0.25, 0.3) is 0 Å². The minimum absolute atomic E-state index is 0.833. The quantitative estimate of drug-likeness (QED) is 0.423. The van der Waals surface area contributed by atoms with Crippen LogP contribution in [0.25, 0.3) is 11.6 Å². The molecular weight excluding hydrogens is 386 g/mol. The zero-order chi connectivity index (χ0) is 24.3. The van der Waals surface area contributed by atoms with Crippen LogP contribution in [0.4, 0.5) is 5.69 Å². The summed E-state index contributed by atoms with van der Waals surface area (Å²) in [6, 6.07) is 15.8. The molecule has 1 aliphatic rings. The Balaban J connectivity index is 0.000000769. The molecule has 0 spiro atoms. The van der Waals surface area contributed by atoms with E-state index in [0.717, 1.165) is 17.8 Å². The number of nitrogens with zero attached hydrogens (tertiary/aromatic N) is 1. The molecule has 0 radical (unpaired) electrons. The fraction of sp³-hybridized carbons (Fsp3) is 0.548. The lowest BCUT2D eigenvalue weighted by atomic mass is 9.92. The summed E-state index contributed by atoms with van der Waals surface area (Å²) in [7, 11) is 0. The predicted molar refractivity (Wildman–Crippen MR) is 148 cm³/mol. The summed E-state index contributed by atoms with van der Waals surface area (Å²) in [5, 5.41) is 0. The number of allylic oxidation sites excluding steroid dienone is 1. The first-order valence-corrected chi connectivity index (χ1v) is 12.9. The molecule has 1 saturated heterocycles. The fourth-order valence-electron chi connectivity index (χ4n) is 4.25. The van der Waals surface area contributed by atoms with Gasteiger partial charge >= 0.3 is 0 Å². The van der Waals surface area contributed by atoms with E-state index in [-0.39, 0.29) is 0 Å². The van der Waals surface area contributed by atoms with Crippen LogP contribution >= 0.6 is 0 Å². The molecule has 3 rings (SSSR count). The van der Waals surface area contributed by atoms with Gasteiger partial charge in [0.2, 0.25) is 0 Å². The molecule has 2 atom stereocenters. The van der Waals surface area contributed by atoms with Crippen molar-refractivity contribution in [2.45, 2.75) is 82.1 Å². The SMILES string of the molecule is CC.CC(C)C.CCC1CN(c2cccc(/C(C)=C/c3cc(C)ccc3C)c2)CC1CC. The van der Waals surface area contributed by atoms with Crippen LogP contribution < -0.4 is 4.90 Å². The van der Waals surface area contributed by atoms with Crippen molar-refractivity contribution < 1.29 is 0 Å². The van der Waals surface area contributed by atoms with Crippen LogP contribution in [-0.4, -0.2) is 13.1 Å². The highest BCUT2D eigenvalue weighted by atomic mass is 15.2. The Kier molecular flexibility index (Phi) is 12.4. The van der Waals surface area contributed by atoms with Gasteiger partial charge in [-0.1, -0.05) is 103 Å². The van der Waals surface area contributed by atoms with E-state index in [1.165, 1.54) is 59.4 Å². The van der Waals surface area contributed by atoms with E-state index in [0.29, 0.717) is 0 Å². The van der Waals surface area contributed by atoms with E-state index < -0.39 is 0 Å². The summed E-state index contributed by atoms with van der Waals surface area (Å²) in [5.41, 5.74) is 8.02. The van der Waals surface area contributed by atoms with Crippen molar-refractivity contribution in [1.82, 2.24) is 0 Å². The van der Waals surface area contributed by atoms with Gasteiger partial charge in [-0.3, -0.25) is 0 Å². The first-order chi connectivity index (χ1) is 15.2. The van der Waals surface area contributed by atoms with Gasteiger partial charge in [-0.15, -0.1) is 0 Å². The van der Waals surface area contributed by atoms with Crippen LogP contribution in [0, 0.1) is 31.6 Å². The smallest absolute Gasteiger partial charge is 0.0372 e. The molecule has 0 aliphatic carbocycles. The van der Waals surface area contributed by atoms with Crippen LogP contribution in [-0.2, 0) is 0 Å². The lowest BCUT2D eigenvalue weighted by Gasteiger charge is -2.20. The van der Waals surface area contributed by atoms with Gasteiger partial charge < -0.3 is 4.90 Å². The lowest BCUT2D eigenvalue weighted by molar-refractivity contribution is 0.397. The molecule has 178 valence electrons. The van der Waals surface area contributed by atoms with Crippen molar-refractivity contribution in [2.24, 2.45) is 17.8 Å². The molecular formula is C31H49N. The molecule has 1 nitrogen and oxygen atoms in total. The van der Waals surface area contributed by atoms with Crippen molar-refractivity contribution in [3.8, 4) is 0 Å². The van der Waals surface area contributed by atoms with Crippen molar-refractivity contribution in [3.05, 3.63) is 64.7 Å². The van der Waals surface area contributed by atoms with Crippen LogP contribution in [0.2, 0.25) is 0 Å². The van der Waals surface area contributed by atoms with Crippen LogP contribution in [0.1, 0.15) is 90.5 Å². The van der Waals surface area contributed by atoms with E-state index in [4.69, 9.17) is 0 Å². The molecule has 1 aliphatic heterocycles.